The highest BCUT2D eigenvalue weighted by Gasteiger charge is 2.14. The van der Waals surface area contributed by atoms with Gasteiger partial charge in [0.1, 0.15) is 5.75 Å². The van der Waals surface area contributed by atoms with Gasteiger partial charge < -0.3 is 4.74 Å². The summed E-state index contributed by atoms with van der Waals surface area (Å²) in [5.74, 6) is 0.394. The monoisotopic (exact) mass is 378 g/mol. The van der Waals surface area contributed by atoms with E-state index in [9.17, 15) is 4.79 Å². The number of hydrogen-bond donors (Lipinski definition) is 1. The van der Waals surface area contributed by atoms with Crippen molar-refractivity contribution in [3.63, 3.8) is 0 Å². The van der Waals surface area contributed by atoms with Crippen molar-refractivity contribution in [2.24, 2.45) is 0 Å². The Kier molecular flexibility index (Phi) is 5.04. The molecule has 0 saturated heterocycles. The molecule has 24 heavy (non-hydrogen) atoms. The number of halogens is 2. The van der Waals surface area contributed by atoms with Gasteiger partial charge in [-0.05, 0) is 30.3 Å². The quantitative estimate of drug-likeness (QED) is 0.662. The molecule has 0 aliphatic carbocycles. The van der Waals surface area contributed by atoms with Crippen LogP contribution in [0.2, 0.25) is 10.0 Å². The molecular weight excluding hydrogens is 367 g/mol. The molecule has 0 aliphatic heterocycles. The van der Waals surface area contributed by atoms with Crippen LogP contribution >= 0.6 is 34.5 Å². The number of rotatable bonds is 4. The number of carbonyl (C=O) groups excluding carboxylic acids is 1. The van der Waals surface area contributed by atoms with Crippen molar-refractivity contribution in [3.8, 4) is 17.0 Å². The minimum absolute atomic E-state index is 0.308. The van der Waals surface area contributed by atoms with Crippen molar-refractivity contribution in [1.29, 1.82) is 0 Å². The van der Waals surface area contributed by atoms with Crippen molar-refractivity contribution in [2.75, 3.05) is 12.4 Å². The first-order valence-corrected chi connectivity index (χ1v) is 8.57. The summed E-state index contributed by atoms with van der Waals surface area (Å²) in [6, 6.07) is 12.3. The summed E-state index contributed by atoms with van der Waals surface area (Å²) in [6.45, 7) is 0. The van der Waals surface area contributed by atoms with E-state index in [-0.39, 0.29) is 5.91 Å². The highest BCUT2D eigenvalue weighted by molar-refractivity contribution is 7.14. The third-order valence-electron chi connectivity index (χ3n) is 3.26. The van der Waals surface area contributed by atoms with Crippen LogP contribution in [0.3, 0.4) is 0 Å². The zero-order valence-electron chi connectivity index (χ0n) is 12.5. The molecule has 1 aromatic heterocycles. The van der Waals surface area contributed by atoms with Gasteiger partial charge in [0.25, 0.3) is 5.91 Å². The van der Waals surface area contributed by atoms with Gasteiger partial charge in [-0.1, -0.05) is 35.3 Å². The minimum Gasteiger partial charge on any atom is -0.497 e. The number of anilines is 1. The standard InChI is InChI=1S/C17H12Cl2N2O2S/c1-23-12-4-2-3-10(7-12)15-9-24-17(20-15)21-16(22)13-8-11(18)5-6-14(13)19/h2-9H,1H3,(H,20,21,22). The molecular formula is C17H12Cl2N2O2S. The number of carbonyl (C=O) groups is 1. The van der Waals surface area contributed by atoms with Gasteiger partial charge in [0.05, 0.1) is 23.4 Å². The van der Waals surface area contributed by atoms with Gasteiger partial charge in [0, 0.05) is 16.0 Å². The fourth-order valence-electron chi connectivity index (χ4n) is 2.08. The zero-order valence-corrected chi connectivity index (χ0v) is 14.9. The number of methoxy groups -OCH3 is 1. The molecule has 4 nitrogen and oxygen atoms in total. The largest absolute Gasteiger partial charge is 0.497 e. The molecule has 3 aromatic rings. The molecule has 1 heterocycles. The molecule has 122 valence electrons. The molecule has 2 aromatic carbocycles. The molecule has 0 radical (unpaired) electrons. The Bertz CT molecular complexity index is 896. The minimum atomic E-state index is -0.353. The van der Waals surface area contributed by atoms with E-state index in [1.54, 1.807) is 19.2 Å². The molecule has 3 rings (SSSR count). The number of nitrogens with zero attached hydrogens (tertiary/aromatic N) is 1. The van der Waals surface area contributed by atoms with Crippen molar-refractivity contribution in [3.05, 3.63) is 63.5 Å². The normalized spacial score (nSPS) is 10.5. The number of thiazole rings is 1. The van der Waals surface area contributed by atoms with E-state index in [0.29, 0.717) is 20.7 Å². The first-order chi connectivity index (χ1) is 11.6. The van der Waals surface area contributed by atoms with Crippen molar-refractivity contribution < 1.29 is 9.53 Å². The average molecular weight is 379 g/mol. The number of ether oxygens (including phenoxy) is 1. The van der Waals surface area contributed by atoms with Crippen molar-refractivity contribution >= 4 is 45.6 Å². The topological polar surface area (TPSA) is 51.2 Å². The van der Waals surface area contributed by atoms with Crippen molar-refractivity contribution in [1.82, 2.24) is 4.98 Å². The van der Waals surface area contributed by atoms with E-state index >= 15 is 0 Å². The maximum Gasteiger partial charge on any atom is 0.259 e. The summed E-state index contributed by atoms with van der Waals surface area (Å²) < 4.78 is 5.21. The predicted octanol–water partition coefficient (Wildman–Crippen LogP) is 5.38. The van der Waals surface area contributed by atoms with Crippen LogP contribution in [0.5, 0.6) is 5.75 Å². The second kappa shape index (κ2) is 7.21. The first-order valence-electron chi connectivity index (χ1n) is 6.93. The molecule has 7 heteroatoms. The third kappa shape index (κ3) is 3.70. The third-order valence-corrected chi connectivity index (χ3v) is 4.59. The van der Waals surface area contributed by atoms with E-state index in [4.69, 9.17) is 27.9 Å². The second-order valence-electron chi connectivity index (χ2n) is 4.85. The summed E-state index contributed by atoms with van der Waals surface area (Å²) in [4.78, 5) is 16.8. The first kappa shape index (κ1) is 16.8. The Labute approximate surface area is 153 Å². The molecule has 0 aliphatic rings. The smallest absolute Gasteiger partial charge is 0.259 e. The summed E-state index contributed by atoms with van der Waals surface area (Å²) in [5, 5.41) is 5.86. The molecule has 0 spiro atoms. The number of aromatic nitrogens is 1. The van der Waals surface area contributed by atoms with Crippen LogP contribution in [0.4, 0.5) is 5.13 Å². The summed E-state index contributed by atoms with van der Waals surface area (Å²) in [5.41, 5.74) is 1.97. The van der Waals surface area contributed by atoms with Crippen LogP contribution in [-0.4, -0.2) is 18.0 Å². The Morgan fingerprint density at radius 2 is 2.04 bits per heavy atom. The van der Waals surface area contributed by atoms with Crippen LogP contribution in [0.25, 0.3) is 11.3 Å². The van der Waals surface area contributed by atoms with E-state index in [1.165, 1.54) is 17.4 Å². The number of benzene rings is 2. The zero-order chi connectivity index (χ0) is 17.1. The van der Waals surface area contributed by atoms with Crippen molar-refractivity contribution in [2.45, 2.75) is 0 Å². The number of nitrogens with one attached hydrogen (secondary N) is 1. The van der Waals surface area contributed by atoms with Gasteiger partial charge in [-0.15, -0.1) is 11.3 Å². The Morgan fingerprint density at radius 1 is 1.21 bits per heavy atom. The SMILES string of the molecule is COc1cccc(-c2csc(NC(=O)c3cc(Cl)ccc3Cl)n2)c1. The lowest BCUT2D eigenvalue weighted by Crippen LogP contribution is -2.12. The fraction of sp³-hybridized carbons (Fsp3) is 0.0588. The summed E-state index contributed by atoms with van der Waals surface area (Å²) in [7, 11) is 1.61. The molecule has 1 N–H and O–H groups in total. The lowest BCUT2D eigenvalue weighted by atomic mass is 10.2. The maximum absolute atomic E-state index is 12.3. The van der Waals surface area contributed by atoms with Gasteiger partial charge in [-0.2, -0.15) is 0 Å². The second-order valence-corrected chi connectivity index (χ2v) is 6.55. The molecule has 0 bridgehead atoms. The highest BCUT2D eigenvalue weighted by Crippen LogP contribution is 2.28. The fourth-order valence-corrected chi connectivity index (χ4v) is 3.17. The molecule has 1 amide bonds. The lowest BCUT2D eigenvalue weighted by Gasteiger charge is -2.04. The average Bonchev–Trinajstić information content (AvgIpc) is 3.05. The number of hydrogen-bond acceptors (Lipinski definition) is 4. The van der Waals surface area contributed by atoms with Gasteiger partial charge in [-0.25, -0.2) is 4.98 Å². The molecule has 0 unspecified atom stereocenters. The van der Waals surface area contributed by atoms with Gasteiger partial charge >= 0.3 is 0 Å². The maximum atomic E-state index is 12.3. The Balaban J connectivity index is 1.81. The molecule has 0 fully saturated rings. The van der Waals surface area contributed by atoms with E-state index < -0.39 is 0 Å². The van der Waals surface area contributed by atoms with E-state index in [1.807, 2.05) is 29.6 Å². The summed E-state index contributed by atoms with van der Waals surface area (Å²) in [6.07, 6.45) is 0. The Morgan fingerprint density at radius 3 is 2.83 bits per heavy atom. The van der Waals surface area contributed by atoms with Gasteiger partial charge in [-0.3, -0.25) is 10.1 Å². The van der Waals surface area contributed by atoms with Crippen LogP contribution < -0.4 is 10.1 Å². The van der Waals surface area contributed by atoms with E-state index in [2.05, 4.69) is 10.3 Å². The lowest BCUT2D eigenvalue weighted by molar-refractivity contribution is 0.102. The van der Waals surface area contributed by atoms with Crippen LogP contribution in [0, 0.1) is 0 Å². The van der Waals surface area contributed by atoms with Crippen LogP contribution in [0.15, 0.2) is 47.8 Å². The van der Waals surface area contributed by atoms with Crippen LogP contribution in [0.1, 0.15) is 10.4 Å². The van der Waals surface area contributed by atoms with Gasteiger partial charge in [0.15, 0.2) is 5.13 Å². The Hall–Kier alpha value is -2.08. The molecule has 0 saturated carbocycles. The van der Waals surface area contributed by atoms with Crippen LogP contribution in [-0.2, 0) is 0 Å². The highest BCUT2D eigenvalue weighted by atomic mass is 35.5. The summed E-state index contributed by atoms with van der Waals surface area (Å²) >= 11 is 13.3. The molecule has 0 atom stereocenters. The predicted molar refractivity (Wildman–Crippen MR) is 98.5 cm³/mol. The number of amides is 1. The van der Waals surface area contributed by atoms with Gasteiger partial charge in [0.2, 0.25) is 0 Å². The van der Waals surface area contributed by atoms with E-state index in [0.717, 1.165) is 17.0 Å².